The predicted octanol–water partition coefficient (Wildman–Crippen LogP) is 6.57. The molecule has 7 nitrogen and oxygen atoms in total. The first-order chi connectivity index (χ1) is 18.7. The minimum atomic E-state index is -4.59. The molecular weight excluding hydrogens is 533 g/mol. The third-order valence-electron chi connectivity index (χ3n) is 5.78. The molecule has 2 amide bonds. The van der Waals surface area contributed by atoms with Crippen molar-refractivity contribution in [3.05, 3.63) is 59.7 Å². The Morgan fingerprint density at radius 3 is 2.38 bits per heavy atom. The molecule has 0 radical (unpaired) electrons. The molecule has 2 aromatic carbocycles. The van der Waals surface area contributed by atoms with Gasteiger partial charge in [0.25, 0.3) is 0 Å². The molecule has 1 unspecified atom stereocenters. The van der Waals surface area contributed by atoms with E-state index in [-0.39, 0.29) is 25.3 Å². The largest absolute Gasteiger partial charge is 0.492 e. The fourth-order valence-electron chi connectivity index (χ4n) is 3.71. The number of hydrogen-bond acceptors (Lipinski definition) is 5. The lowest BCUT2D eigenvalue weighted by Crippen LogP contribution is -2.39. The van der Waals surface area contributed by atoms with E-state index in [0.29, 0.717) is 24.7 Å². The second-order valence-corrected chi connectivity index (χ2v) is 9.98. The summed E-state index contributed by atoms with van der Waals surface area (Å²) in [5.74, 6) is 1.10. The Balaban J connectivity index is 1.99. The van der Waals surface area contributed by atoms with Crippen LogP contribution in [0.3, 0.4) is 0 Å². The molecule has 0 aliphatic heterocycles. The minimum absolute atomic E-state index is 0.130. The third kappa shape index (κ3) is 11.8. The monoisotopic (exact) mass is 570 g/mol. The van der Waals surface area contributed by atoms with Crippen LogP contribution in [-0.2, 0) is 22.1 Å². The highest BCUT2D eigenvalue weighted by molar-refractivity contribution is 7.99. The molecule has 2 rings (SSSR count). The average Bonchev–Trinajstić information content (AvgIpc) is 2.89. The van der Waals surface area contributed by atoms with Crippen molar-refractivity contribution in [1.82, 2.24) is 4.90 Å². The van der Waals surface area contributed by atoms with Crippen LogP contribution in [0.5, 0.6) is 5.75 Å². The number of benzene rings is 2. The molecule has 216 valence electrons. The summed E-state index contributed by atoms with van der Waals surface area (Å²) in [6.07, 6.45) is -2.00. The van der Waals surface area contributed by atoms with Crippen molar-refractivity contribution in [3.8, 4) is 5.75 Å². The Labute approximate surface area is 232 Å². The van der Waals surface area contributed by atoms with E-state index in [2.05, 4.69) is 12.2 Å². The maximum atomic E-state index is 13.4. The number of carboxylic acids is 1. The predicted molar refractivity (Wildman–Crippen MR) is 148 cm³/mol. The molecule has 39 heavy (non-hydrogen) atoms. The fraction of sp³-hybridized carbons (Fsp3) is 0.500. The maximum absolute atomic E-state index is 13.4. The summed E-state index contributed by atoms with van der Waals surface area (Å²) in [5, 5.41) is 11.7. The molecule has 0 fully saturated rings. The number of hydrogen-bond donors (Lipinski definition) is 2. The number of nitrogens with zero attached hydrogens (tertiary/aromatic N) is 1. The number of urea groups is 1. The van der Waals surface area contributed by atoms with Gasteiger partial charge in [-0.2, -0.15) is 24.9 Å². The number of amides is 2. The second-order valence-electron chi connectivity index (χ2n) is 8.76. The average molecular weight is 571 g/mol. The molecule has 0 bridgehead atoms. The van der Waals surface area contributed by atoms with Crippen molar-refractivity contribution in [3.63, 3.8) is 0 Å². The first-order valence-electron chi connectivity index (χ1n) is 13.0. The Morgan fingerprint density at radius 1 is 1.03 bits per heavy atom. The van der Waals surface area contributed by atoms with Crippen LogP contribution in [-0.4, -0.2) is 65.9 Å². The van der Waals surface area contributed by atoms with Crippen molar-refractivity contribution in [1.29, 1.82) is 0 Å². The van der Waals surface area contributed by atoms with Crippen LogP contribution in [0, 0.1) is 0 Å². The Morgan fingerprint density at radius 2 is 1.74 bits per heavy atom. The summed E-state index contributed by atoms with van der Waals surface area (Å²) in [6, 6.07) is 11.2. The number of carboxylic acid groups (broad SMARTS) is 1. The van der Waals surface area contributed by atoms with E-state index < -0.39 is 29.8 Å². The van der Waals surface area contributed by atoms with Gasteiger partial charge in [-0.3, -0.25) is 0 Å². The lowest BCUT2D eigenvalue weighted by Gasteiger charge is -2.24. The van der Waals surface area contributed by atoms with Crippen LogP contribution < -0.4 is 10.1 Å². The highest BCUT2D eigenvalue weighted by Gasteiger charge is 2.34. The van der Waals surface area contributed by atoms with Gasteiger partial charge in [0.05, 0.1) is 17.8 Å². The van der Waals surface area contributed by atoms with Crippen LogP contribution in [0.1, 0.15) is 44.2 Å². The van der Waals surface area contributed by atoms with Gasteiger partial charge < -0.3 is 24.8 Å². The lowest BCUT2D eigenvalue weighted by atomic mass is 10.1. The quantitative estimate of drug-likeness (QED) is 0.209. The summed E-state index contributed by atoms with van der Waals surface area (Å²) in [7, 11) is 0. The van der Waals surface area contributed by atoms with E-state index in [1.165, 1.54) is 23.1 Å². The van der Waals surface area contributed by atoms with E-state index in [9.17, 15) is 27.9 Å². The number of thioether (sulfide) groups is 1. The van der Waals surface area contributed by atoms with Gasteiger partial charge in [-0.05, 0) is 48.9 Å². The molecule has 0 saturated heterocycles. The second kappa shape index (κ2) is 16.9. The number of halogens is 3. The standard InChI is InChI=1S/C28H37F3N2O5S/c1-3-5-8-18-39-19-16-33(27(36)32-24-10-7-6-9-23(24)28(29,30)31)15-17-38-22-13-11-21(12-14-22)20-25(26(34)35)37-4-2/h6-7,9-14,25H,3-5,8,15-20H2,1-2H3,(H,32,36)(H,34,35). The molecular formula is C28H37F3N2O5S. The van der Waals surface area contributed by atoms with Crippen molar-refractivity contribution in [2.45, 2.75) is 51.8 Å². The van der Waals surface area contributed by atoms with Crippen molar-refractivity contribution >= 4 is 29.4 Å². The van der Waals surface area contributed by atoms with Crippen molar-refractivity contribution in [2.24, 2.45) is 0 Å². The van der Waals surface area contributed by atoms with Gasteiger partial charge >= 0.3 is 18.2 Å². The lowest BCUT2D eigenvalue weighted by molar-refractivity contribution is -0.150. The molecule has 0 heterocycles. The summed E-state index contributed by atoms with van der Waals surface area (Å²) >= 11 is 1.70. The van der Waals surface area contributed by atoms with Crippen LogP contribution >= 0.6 is 11.8 Å². The minimum Gasteiger partial charge on any atom is -0.492 e. The van der Waals surface area contributed by atoms with Crippen LogP contribution in [0.25, 0.3) is 0 Å². The van der Waals surface area contributed by atoms with E-state index in [1.54, 1.807) is 43.0 Å². The van der Waals surface area contributed by atoms with Gasteiger partial charge in [-0.15, -0.1) is 0 Å². The van der Waals surface area contributed by atoms with E-state index >= 15 is 0 Å². The number of carbonyl (C=O) groups is 2. The zero-order valence-electron chi connectivity index (χ0n) is 22.3. The highest BCUT2D eigenvalue weighted by atomic mass is 32.2. The summed E-state index contributed by atoms with van der Waals surface area (Å²) in [6.45, 7) is 4.80. The fourth-order valence-corrected chi connectivity index (χ4v) is 4.67. The van der Waals surface area contributed by atoms with Gasteiger partial charge in [0.15, 0.2) is 6.10 Å². The van der Waals surface area contributed by atoms with Gasteiger partial charge in [0.1, 0.15) is 12.4 Å². The summed E-state index contributed by atoms with van der Waals surface area (Å²) in [5.41, 5.74) is -0.426. The topological polar surface area (TPSA) is 88.1 Å². The highest BCUT2D eigenvalue weighted by Crippen LogP contribution is 2.34. The number of para-hydroxylation sites is 1. The Kier molecular flexibility index (Phi) is 14.0. The third-order valence-corrected chi connectivity index (χ3v) is 6.83. The maximum Gasteiger partial charge on any atom is 0.418 e. The van der Waals surface area contributed by atoms with E-state index in [1.807, 2.05) is 0 Å². The van der Waals surface area contributed by atoms with E-state index in [4.69, 9.17) is 9.47 Å². The SMILES string of the molecule is CCCCCSCCN(CCOc1ccc(CC(OCC)C(=O)O)cc1)C(=O)Nc1ccccc1C(F)(F)F. The number of alkyl halides is 3. The number of carbonyl (C=O) groups excluding carboxylic acids is 1. The number of aliphatic carboxylic acids is 1. The van der Waals surface area contributed by atoms with Gasteiger partial charge in [0, 0.05) is 25.3 Å². The number of nitrogens with one attached hydrogen (secondary N) is 1. The van der Waals surface area contributed by atoms with Crippen LogP contribution in [0.4, 0.5) is 23.7 Å². The molecule has 2 N–H and O–H groups in total. The number of ether oxygens (including phenoxy) is 2. The van der Waals surface area contributed by atoms with Crippen molar-refractivity contribution in [2.75, 3.05) is 43.1 Å². The van der Waals surface area contributed by atoms with Gasteiger partial charge in [0.2, 0.25) is 0 Å². The number of unbranched alkanes of at least 4 members (excludes halogenated alkanes) is 2. The van der Waals surface area contributed by atoms with Gasteiger partial charge in [-0.25, -0.2) is 9.59 Å². The van der Waals surface area contributed by atoms with Crippen LogP contribution in [0.2, 0.25) is 0 Å². The Hall–Kier alpha value is -2.92. The normalized spacial score (nSPS) is 12.1. The van der Waals surface area contributed by atoms with Gasteiger partial charge in [-0.1, -0.05) is 44.0 Å². The number of anilines is 1. The zero-order valence-corrected chi connectivity index (χ0v) is 23.2. The first kappa shape index (κ1) is 32.3. The molecule has 0 aliphatic carbocycles. The number of rotatable bonds is 17. The summed E-state index contributed by atoms with van der Waals surface area (Å²) in [4.78, 5) is 25.7. The molecule has 11 heteroatoms. The summed E-state index contributed by atoms with van der Waals surface area (Å²) < 4.78 is 51.2. The molecule has 0 spiro atoms. The molecule has 0 aliphatic rings. The van der Waals surface area contributed by atoms with Crippen LogP contribution in [0.15, 0.2) is 48.5 Å². The Bertz CT molecular complexity index is 1020. The molecule has 2 aromatic rings. The molecule has 1 atom stereocenters. The van der Waals surface area contributed by atoms with E-state index in [0.717, 1.165) is 36.6 Å². The zero-order chi connectivity index (χ0) is 28.7. The molecule has 0 aromatic heterocycles. The first-order valence-corrected chi connectivity index (χ1v) is 14.2. The smallest absolute Gasteiger partial charge is 0.418 e. The molecule has 0 saturated carbocycles. The van der Waals surface area contributed by atoms with Crippen molar-refractivity contribution < 1.29 is 37.3 Å².